The maximum atomic E-state index is 12.6. The minimum Gasteiger partial charge on any atom is -0.381 e. The molecule has 7 heteroatoms. The largest absolute Gasteiger partial charge is 0.381 e. The molecule has 2 aromatic rings. The quantitative estimate of drug-likeness (QED) is 0.847. The molecule has 2 fully saturated rings. The van der Waals surface area contributed by atoms with Crippen molar-refractivity contribution < 1.29 is 14.1 Å². The van der Waals surface area contributed by atoms with Crippen molar-refractivity contribution in [3.8, 4) is 11.4 Å². The Kier molecular flexibility index (Phi) is 4.65. The highest BCUT2D eigenvalue weighted by atomic mass is 16.5. The van der Waals surface area contributed by atoms with Crippen molar-refractivity contribution in [2.75, 3.05) is 44.3 Å². The van der Waals surface area contributed by atoms with Gasteiger partial charge in [-0.05, 0) is 12.8 Å². The average molecular weight is 342 g/mol. The number of aromatic nitrogens is 2. The molecule has 132 valence electrons. The second-order valence-electron chi connectivity index (χ2n) is 6.49. The molecule has 1 amide bonds. The van der Waals surface area contributed by atoms with Crippen LogP contribution in [0.2, 0.25) is 0 Å². The van der Waals surface area contributed by atoms with E-state index in [2.05, 4.69) is 15.0 Å². The van der Waals surface area contributed by atoms with Crippen molar-refractivity contribution in [2.45, 2.75) is 12.8 Å². The number of benzene rings is 1. The SMILES string of the molecule is O=C(C1CCOC1)N1CCCN(c2nc(-c3ccccc3)no2)CC1. The van der Waals surface area contributed by atoms with Crippen LogP contribution in [0, 0.1) is 5.92 Å². The standard InChI is InChI=1S/C18H22N4O3/c23-17(15-7-12-24-13-15)21-8-4-9-22(11-10-21)18-19-16(20-25-18)14-5-2-1-3-6-14/h1-3,5-6,15H,4,7-13H2. The van der Waals surface area contributed by atoms with Crippen molar-refractivity contribution in [3.05, 3.63) is 30.3 Å². The zero-order valence-electron chi connectivity index (χ0n) is 14.1. The molecule has 0 bridgehead atoms. The van der Waals surface area contributed by atoms with E-state index in [0.29, 0.717) is 38.1 Å². The molecular formula is C18H22N4O3. The van der Waals surface area contributed by atoms with Gasteiger partial charge in [0.15, 0.2) is 0 Å². The number of carbonyl (C=O) groups excluding carboxylic acids is 1. The smallest absolute Gasteiger partial charge is 0.324 e. The number of anilines is 1. The van der Waals surface area contributed by atoms with Crippen molar-refractivity contribution in [3.63, 3.8) is 0 Å². The molecule has 4 rings (SSSR count). The van der Waals surface area contributed by atoms with Gasteiger partial charge in [-0.25, -0.2) is 0 Å². The lowest BCUT2D eigenvalue weighted by Crippen LogP contribution is -2.39. The Morgan fingerprint density at radius 3 is 2.80 bits per heavy atom. The minimum absolute atomic E-state index is 0.0274. The fraction of sp³-hybridized carbons (Fsp3) is 0.500. The van der Waals surface area contributed by atoms with Gasteiger partial charge in [-0.2, -0.15) is 4.98 Å². The van der Waals surface area contributed by atoms with Gasteiger partial charge >= 0.3 is 6.01 Å². The molecule has 7 nitrogen and oxygen atoms in total. The number of amides is 1. The van der Waals surface area contributed by atoms with Crippen molar-refractivity contribution >= 4 is 11.9 Å². The highest BCUT2D eigenvalue weighted by Gasteiger charge is 2.29. The summed E-state index contributed by atoms with van der Waals surface area (Å²) in [5.74, 6) is 0.838. The van der Waals surface area contributed by atoms with Crippen molar-refractivity contribution in [2.24, 2.45) is 5.92 Å². The summed E-state index contributed by atoms with van der Waals surface area (Å²) in [6, 6.07) is 10.3. The number of rotatable bonds is 3. The topological polar surface area (TPSA) is 71.7 Å². The zero-order chi connectivity index (χ0) is 17.1. The summed E-state index contributed by atoms with van der Waals surface area (Å²) in [6.07, 6.45) is 1.73. The zero-order valence-corrected chi connectivity index (χ0v) is 14.1. The number of hydrogen-bond acceptors (Lipinski definition) is 6. The van der Waals surface area contributed by atoms with Crippen molar-refractivity contribution in [1.29, 1.82) is 0 Å². The van der Waals surface area contributed by atoms with Gasteiger partial charge in [0, 0.05) is 38.3 Å². The summed E-state index contributed by atoms with van der Waals surface area (Å²) in [4.78, 5) is 21.1. The monoisotopic (exact) mass is 342 g/mol. The molecule has 1 unspecified atom stereocenters. The molecule has 1 atom stereocenters. The number of carbonyl (C=O) groups is 1. The van der Waals surface area contributed by atoms with E-state index in [9.17, 15) is 4.79 Å². The summed E-state index contributed by atoms with van der Waals surface area (Å²) in [5.41, 5.74) is 0.936. The van der Waals surface area contributed by atoms with Crippen LogP contribution in [0.5, 0.6) is 0 Å². The summed E-state index contributed by atoms with van der Waals surface area (Å²) < 4.78 is 10.8. The van der Waals surface area contributed by atoms with Gasteiger partial charge in [-0.1, -0.05) is 35.5 Å². The van der Waals surface area contributed by atoms with E-state index in [1.807, 2.05) is 35.2 Å². The first-order valence-electron chi connectivity index (χ1n) is 8.82. The fourth-order valence-corrected chi connectivity index (χ4v) is 3.37. The predicted molar refractivity (Wildman–Crippen MR) is 92.1 cm³/mol. The summed E-state index contributed by atoms with van der Waals surface area (Å²) in [5, 5.41) is 4.08. The third-order valence-corrected chi connectivity index (χ3v) is 4.80. The van der Waals surface area contributed by atoms with Crippen LogP contribution >= 0.6 is 0 Å². The highest BCUT2D eigenvalue weighted by Crippen LogP contribution is 2.22. The maximum Gasteiger partial charge on any atom is 0.324 e. The summed E-state index contributed by atoms with van der Waals surface area (Å²) in [7, 11) is 0. The summed E-state index contributed by atoms with van der Waals surface area (Å²) >= 11 is 0. The number of hydrogen-bond donors (Lipinski definition) is 0. The lowest BCUT2D eigenvalue weighted by atomic mass is 10.1. The van der Waals surface area contributed by atoms with E-state index in [4.69, 9.17) is 9.26 Å². The van der Waals surface area contributed by atoms with Crippen LogP contribution in [-0.2, 0) is 9.53 Å². The van der Waals surface area contributed by atoms with Gasteiger partial charge in [0.25, 0.3) is 0 Å². The molecule has 0 aliphatic carbocycles. The fourth-order valence-electron chi connectivity index (χ4n) is 3.37. The molecule has 1 aromatic carbocycles. The van der Waals surface area contributed by atoms with Gasteiger partial charge in [0.2, 0.25) is 11.7 Å². The average Bonchev–Trinajstić information content (AvgIpc) is 3.30. The Bertz CT molecular complexity index is 712. The van der Waals surface area contributed by atoms with Gasteiger partial charge < -0.3 is 19.1 Å². The van der Waals surface area contributed by atoms with E-state index in [1.54, 1.807) is 0 Å². The van der Waals surface area contributed by atoms with Crippen LogP contribution in [-0.4, -0.2) is 60.3 Å². The highest BCUT2D eigenvalue weighted by molar-refractivity contribution is 5.79. The lowest BCUT2D eigenvalue weighted by Gasteiger charge is -2.23. The molecule has 0 radical (unpaired) electrons. The predicted octanol–water partition coefficient (Wildman–Crippen LogP) is 1.81. The number of nitrogens with zero attached hydrogens (tertiary/aromatic N) is 4. The van der Waals surface area contributed by atoms with Gasteiger partial charge in [-0.3, -0.25) is 4.79 Å². The Balaban J connectivity index is 1.41. The molecule has 2 saturated heterocycles. The Morgan fingerprint density at radius 1 is 1.12 bits per heavy atom. The van der Waals surface area contributed by atoms with Gasteiger partial charge in [0.1, 0.15) is 0 Å². The van der Waals surface area contributed by atoms with E-state index in [1.165, 1.54) is 0 Å². The molecule has 2 aliphatic rings. The first-order chi connectivity index (χ1) is 12.3. The van der Waals surface area contributed by atoms with E-state index in [0.717, 1.165) is 31.5 Å². The number of ether oxygens (including phenoxy) is 1. The van der Waals surface area contributed by atoms with Crippen LogP contribution in [0.1, 0.15) is 12.8 Å². The van der Waals surface area contributed by atoms with E-state index >= 15 is 0 Å². The maximum absolute atomic E-state index is 12.6. The molecule has 0 spiro atoms. The molecule has 1 aromatic heterocycles. The van der Waals surface area contributed by atoms with Crippen LogP contribution < -0.4 is 4.90 Å². The van der Waals surface area contributed by atoms with Crippen LogP contribution in [0.25, 0.3) is 11.4 Å². The van der Waals surface area contributed by atoms with Gasteiger partial charge in [0.05, 0.1) is 12.5 Å². The Labute approximate surface area is 146 Å². The molecule has 3 heterocycles. The van der Waals surface area contributed by atoms with Crippen LogP contribution in [0.4, 0.5) is 6.01 Å². The van der Waals surface area contributed by atoms with Gasteiger partial charge in [-0.15, -0.1) is 0 Å². The van der Waals surface area contributed by atoms with E-state index < -0.39 is 0 Å². The second-order valence-corrected chi connectivity index (χ2v) is 6.49. The molecule has 25 heavy (non-hydrogen) atoms. The summed E-state index contributed by atoms with van der Waals surface area (Å²) in [6.45, 7) is 4.21. The molecule has 0 N–H and O–H groups in total. The second kappa shape index (κ2) is 7.23. The van der Waals surface area contributed by atoms with Crippen molar-refractivity contribution in [1.82, 2.24) is 15.0 Å². The van der Waals surface area contributed by atoms with Crippen LogP contribution in [0.3, 0.4) is 0 Å². The molecule has 2 aliphatic heterocycles. The Morgan fingerprint density at radius 2 is 2.00 bits per heavy atom. The third-order valence-electron chi connectivity index (χ3n) is 4.80. The molecule has 0 saturated carbocycles. The first kappa shape index (κ1) is 16.1. The normalized spacial score (nSPS) is 21.4. The lowest BCUT2D eigenvalue weighted by molar-refractivity contribution is -0.135. The first-order valence-corrected chi connectivity index (χ1v) is 8.82. The molecular weight excluding hydrogens is 320 g/mol. The minimum atomic E-state index is 0.0274. The Hall–Kier alpha value is -2.41. The van der Waals surface area contributed by atoms with Crippen LogP contribution in [0.15, 0.2) is 34.9 Å². The van der Waals surface area contributed by atoms with E-state index in [-0.39, 0.29) is 11.8 Å². The third kappa shape index (κ3) is 3.51.